The van der Waals surface area contributed by atoms with Crippen LogP contribution in [0.3, 0.4) is 0 Å². The molecular formula is C44H35N. The predicted molar refractivity (Wildman–Crippen MR) is 190 cm³/mol. The lowest BCUT2D eigenvalue weighted by Crippen LogP contribution is -2.18. The maximum atomic E-state index is 4.80. The molecular weight excluding hydrogens is 542 g/mol. The van der Waals surface area contributed by atoms with Gasteiger partial charge in [-0.25, -0.2) is 0 Å². The van der Waals surface area contributed by atoms with Crippen LogP contribution in [-0.4, -0.2) is 4.98 Å². The highest BCUT2D eigenvalue weighted by atomic mass is 14.7. The van der Waals surface area contributed by atoms with Crippen molar-refractivity contribution in [3.05, 3.63) is 187 Å². The molecule has 0 atom stereocenters. The highest BCUT2D eigenvalue weighted by Gasteiger charge is 2.22. The molecule has 7 rings (SSSR count). The molecule has 0 fully saturated rings. The third-order valence-corrected chi connectivity index (χ3v) is 8.86. The third-order valence-electron chi connectivity index (χ3n) is 8.86. The van der Waals surface area contributed by atoms with Crippen molar-refractivity contribution in [3.63, 3.8) is 0 Å². The number of aromatic nitrogens is 1. The Morgan fingerprint density at radius 2 is 0.733 bits per heavy atom. The molecule has 0 saturated carbocycles. The van der Waals surface area contributed by atoms with Crippen molar-refractivity contribution in [2.45, 2.75) is 19.3 Å². The van der Waals surface area contributed by atoms with Crippen LogP contribution >= 0.6 is 0 Å². The molecule has 1 nitrogen and oxygen atoms in total. The minimum absolute atomic E-state index is 0.0545. The largest absolute Gasteiger partial charge is 0.256 e. The van der Waals surface area contributed by atoms with Crippen molar-refractivity contribution in [1.29, 1.82) is 0 Å². The second-order valence-electron chi connectivity index (χ2n) is 12.1. The van der Waals surface area contributed by atoms with Gasteiger partial charge in [0, 0.05) is 22.7 Å². The molecule has 1 heterocycles. The number of rotatable bonds is 7. The molecule has 0 amide bonds. The van der Waals surface area contributed by atoms with Gasteiger partial charge in [0.25, 0.3) is 0 Å². The fraction of sp³-hybridized carbons (Fsp3) is 0.0682. The zero-order chi connectivity index (χ0) is 30.6. The normalized spacial score (nSPS) is 11.3. The number of hydrogen-bond donors (Lipinski definition) is 0. The summed E-state index contributed by atoms with van der Waals surface area (Å²) in [4.78, 5) is 4.80. The molecule has 0 aliphatic rings. The Balaban J connectivity index is 1.13. The van der Waals surface area contributed by atoms with Gasteiger partial charge in [-0.2, -0.15) is 0 Å². The average molecular weight is 578 g/mol. The van der Waals surface area contributed by atoms with E-state index in [1.54, 1.807) is 0 Å². The van der Waals surface area contributed by atoms with E-state index in [1.165, 1.54) is 50.1 Å². The molecule has 1 aromatic heterocycles. The van der Waals surface area contributed by atoms with E-state index in [9.17, 15) is 0 Å². The molecule has 0 bridgehead atoms. The standard InChI is InChI=1S/C44H35N/c1-44(2,41-20-7-4-8-21-41)42-25-22-33(23-26-42)34-14-9-15-35(28-34)36-16-10-17-37(29-36)38-18-11-19-39(30-38)43-27-24-40(31-45-43)32-12-5-3-6-13-32/h3-31H,1-2H3. The van der Waals surface area contributed by atoms with E-state index in [0.717, 1.165) is 16.8 Å². The summed E-state index contributed by atoms with van der Waals surface area (Å²) >= 11 is 0. The van der Waals surface area contributed by atoms with E-state index in [0.29, 0.717) is 0 Å². The van der Waals surface area contributed by atoms with Crippen LogP contribution < -0.4 is 0 Å². The first-order chi connectivity index (χ1) is 22.0. The molecule has 1 heteroatoms. The Bertz CT molecular complexity index is 2040. The minimum Gasteiger partial charge on any atom is -0.256 e. The monoisotopic (exact) mass is 577 g/mol. The van der Waals surface area contributed by atoms with Crippen LogP contribution in [0.15, 0.2) is 176 Å². The zero-order valence-electron chi connectivity index (χ0n) is 25.7. The number of pyridine rings is 1. The second kappa shape index (κ2) is 12.2. The van der Waals surface area contributed by atoms with E-state index in [1.807, 2.05) is 12.3 Å². The molecule has 0 aliphatic carbocycles. The Morgan fingerprint density at radius 1 is 0.333 bits per heavy atom. The van der Waals surface area contributed by atoms with Crippen molar-refractivity contribution in [1.82, 2.24) is 4.98 Å². The van der Waals surface area contributed by atoms with Gasteiger partial charge in [-0.15, -0.1) is 0 Å². The van der Waals surface area contributed by atoms with Gasteiger partial charge in [0.1, 0.15) is 0 Å². The Kier molecular flexibility index (Phi) is 7.68. The molecule has 0 spiro atoms. The van der Waals surface area contributed by atoms with Crippen LogP contribution in [-0.2, 0) is 5.41 Å². The van der Waals surface area contributed by atoms with Gasteiger partial charge in [0.15, 0.2) is 0 Å². The van der Waals surface area contributed by atoms with Gasteiger partial charge in [-0.05, 0) is 74.3 Å². The predicted octanol–water partition coefficient (Wildman–Crippen LogP) is 11.7. The highest BCUT2D eigenvalue weighted by Crippen LogP contribution is 2.35. The van der Waals surface area contributed by atoms with Crippen molar-refractivity contribution in [3.8, 4) is 55.8 Å². The quantitative estimate of drug-likeness (QED) is 0.184. The first-order valence-electron chi connectivity index (χ1n) is 15.5. The Hall–Kier alpha value is -5.53. The van der Waals surface area contributed by atoms with Gasteiger partial charge in [-0.1, -0.05) is 159 Å². The summed E-state index contributed by atoms with van der Waals surface area (Å²) in [7, 11) is 0. The van der Waals surface area contributed by atoms with Gasteiger partial charge in [0.2, 0.25) is 0 Å². The van der Waals surface area contributed by atoms with Crippen LogP contribution in [0.25, 0.3) is 55.8 Å². The van der Waals surface area contributed by atoms with Gasteiger partial charge in [0.05, 0.1) is 5.69 Å². The molecule has 0 saturated heterocycles. The van der Waals surface area contributed by atoms with Crippen molar-refractivity contribution in [2.75, 3.05) is 0 Å². The van der Waals surface area contributed by atoms with Crippen LogP contribution in [0, 0.1) is 0 Å². The SMILES string of the molecule is CC(C)(c1ccccc1)c1ccc(-c2cccc(-c3cccc(-c4cccc(-c5ccc(-c6ccccc6)cn5)c4)c3)c2)cc1. The van der Waals surface area contributed by atoms with Crippen molar-refractivity contribution >= 4 is 0 Å². The van der Waals surface area contributed by atoms with Gasteiger partial charge >= 0.3 is 0 Å². The number of hydrogen-bond acceptors (Lipinski definition) is 1. The molecule has 0 N–H and O–H groups in total. The van der Waals surface area contributed by atoms with E-state index in [-0.39, 0.29) is 5.41 Å². The van der Waals surface area contributed by atoms with Crippen LogP contribution in [0.5, 0.6) is 0 Å². The molecule has 45 heavy (non-hydrogen) atoms. The second-order valence-corrected chi connectivity index (χ2v) is 12.1. The highest BCUT2D eigenvalue weighted by molar-refractivity contribution is 5.79. The third kappa shape index (κ3) is 5.98. The Morgan fingerprint density at radius 3 is 1.27 bits per heavy atom. The summed E-state index contributed by atoms with van der Waals surface area (Å²) in [5.74, 6) is 0. The van der Waals surface area contributed by atoms with Crippen LogP contribution in [0.4, 0.5) is 0 Å². The summed E-state index contributed by atoms with van der Waals surface area (Å²) in [6.45, 7) is 4.58. The van der Waals surface area contributed by atoms with Gasteiger partial charge < -0.3 is 0 Å². The molecule has 0 aliphatic heterocycles. The lowest BCUT2D eigenvalue weighted by atomic mass is 9.78. The molecule has 216 valence electrons. The maximum Gasteiger partial charge on any atom is 0.0702 e. The van der Waals surface area contributed by atoms with E-state index >= 15 is 0 Å². The summed E-state index contributed by atoms with van der Waals surface area (Å²) in [5.41, 5.74) is 14.2. The first kappa shape index (κ1) is 28.3. The van der Waals surface area contributed by atoms with Crippen molar-refractivity contribution in [2.24, 2.45) is 0 Å². The summed E-state index contributed by atoms with van der Waals surface area (Å²) in [6, 6.07) is 60.7. The fourth-order valence-corrected chi connectivity index (χ4v) is 6.08. The van der Waals surface area contributed by atoms with Crippen molar-refractivity contribution < 1.29 is 0 Å². The van der Waals surface area contributed by atoms with E-state index in [2.05, 4.69) is 178 Å². The summed E-state index contributed by atoms with van der Waals surface area (Å²) in [6.07, 6.45) is 1.96. The van der Waals surface area contributed by atoms with Gasteiger partial charge in [-0.3, -0.25) is 4.98 Å². The zero-order valence-corrected chi connectivity index (χ0v) is 25.7. The smallest absolute Gasteiger partial charge is 0.0702 e. The molecule has 6 aromatic carbocycles. The summed E-state index contributed by atoms with van der Waals surface area (Å²) in [5, 5.41) is 0. The molecule has 0 radical (unpaired) electrons. The topological polar surface area (TPSA) is 12.9 Å². The van der Waals surface area contributed by atoms with E-state index < -0.39 is 0 Å². The first-order valence-corrected chi connectivity index (χ1v) is 15.5. The van der Waals surface area contributed by atoms with Crippen LogP contribution in [0.1, 0.15) is 25.0 Å². The summed E-state index contributed by atoms with van der Waals surface area (Å²) < 4.78 is 0. The lowest BCUT2D eigenvalue weighted by Gasteiger charge is -2.26. The number of nitrogens with zero attached hydrogens (tertiary/aromatic N) is 1. The number of benzene rings is 6. The average Bonchev–Trinajstić information content (AvgIpc) is 3.13. The molecule has 0 unspecified atom stereocenters. The fourth-order valence-electron chi connectivity index (χ4n) is 6.08. The van der Waals surface area contributed by atoms with E-state index in [4.69, 9.17) is 4.98 Å². The minimum atomic E-state index is -0.0545. The maximum absolute atomic E-state index is 4.80. The lowest BCUT2D eigenvalue weighted by molar-refractivity contribution is 0.641. The Labute approximate surface area is 266 Å². The molecule has 7 aromatic rings. The van der Waals surface area contributed by atoms with Crippen LogP contribution in [0.2, 0.25) is 0 Å².